The van der Waals surface area contributed by atoms with Gasteiger partial charge in [0.1, 0.15) is 16.4 Å². The number of carbonyl (C=O) groups is 2. The van der Waals surface area contributed by atoms with E-state index in [0.29, 0.717) is 0 Å². The van der Waals surface area contributed by atoms with Crippen LogP contribution in [0.3, 0.4) is 0 Å². The van der Waals surface area contributed by atoms with E-state index in [-0.39, 0.29) is 34.9 Å². The van der Waals surface area contributed by atoms with Crippen LogP contribution in [-0.4, -0.2) is 48.6 Å². The second-order valence-corrected chi connectivity index (χ2v) is 6.99. The van der Waals surface area contributed by atoms with Crippen molar-refractivity contribution in [3.8, 4) is 0 Å². The summed E-state index contributed by atoms with van der Waals surface area (Å²) in [7, 11) is -0.764. The topological polar surface area (TPSA) is 88.5 Å². The van der Waals surface area contributed by atoms with Crippen molar-refractivity contribution in [1.82, 2.24) is 14.2 Å². The van der Waals surface area contributed by atoms with E-state index < -0.39 is 10.0 Å². The van der Waals surface area contributed by atoms with Gasteiger partial charge in [0.25, 0.3) is 5.91 Å². The van der Waals surface area contributed by atoms with Crippen LogP contribution in [0.2, 0.25) is 0 Å². The summed E-state index contributed by atoms with van der Waals surface area (Å²) in [5.41, 5.74) is 0.239. The maximum Gasteiger partial charge on any atom is 0.267 e. The molecule has 0 fully saturated rings. The SMILES string of the molecule is CNC(=O)c1cc(S(=O)(=O)N(CC(C)=O)C(C)C)cn1C. The van der Waals surface area contributed by atoms with Gasteiger partial charge in [-0.15, -0.1) is 0 Å². The number of amides is 1. The quantitative estimate of drug-likeness (QED) is 0.821. The van der Waals surface area contributed by atoms with Crippen LogP contribution in [0.15, 0.2) is 17.2 Å². The van der Waals surface area contributed by atoms with Crippen LogP contribution in [0.5, 0.6) is 0 Å². The van der Waals surface area contributed by atoms with E-state index in [1.54, 1.807) is 20.9 Å². The lowest BCUT2D eigenvalue weighted by atomic mass is 10.3. The summed E-state index contributed by atoms with van der Waals surface area (Å²) in [5, 5.41) is 2.45. The first-order valence-electron chi connectivity index (χ1n) is 6.51. The van der Waals surface area contributed by atoms with Crippen molar-refractivity contribution >= 4 is 21.7 Å². The molecule has 8 heteroatoms. The van der Waals surface area contributed by atoms with Gasteiger partial charge in [0.2, 0.25) is 10.0 Å². The fourth-order valence-electron chi connectivity index (χ4n) is 1.93. The molecule has 1 amide bonds. The number of ketones is 1. The summed E-state index contributed by atoms with van der Waals surface area (Å²) in [6.07, 6.45) is 1.37. The van der Waals surface area contributed by atoms with Crippen LogP contribution in [0, 0.1) is 0 Å². The van der Waals surface area contributed by atoms with Crippen LogP contribution in [-0.2, 0) is 21.9 Å². The summed E-state index contributed by atoms with van der Waals surface area (Å²) in [4.78, 5) is 22.9. The minimum Gasteiger partial charge on any atom is -0.354 e. The molecule has 1 aromatic rings. The lowest BCUT2D eigenvalue weighted by molar-refractivity contribution is -0.117. The van der Waals surface area contributed by atoms with Crippen molar-refractivity contribution in [3.63, 3.8) is 0 Å². The molecule has 0 saturated heterocycles. The molecular formula is C13H21N3O4S. The molecule has 118 valence electrons. The number of sulfonamides is 1. The van der Waals surface area contributed by atoms with Crippen molar-refractivity contribution in [2.24, 2.45) is 7.05 Å². The molecule has 21 heavy (non-hydrogen) atoms. The van der Waals surface area contributed by atoms with Gasteiger partial charge in [-0.3, -0.25) is 9.59 Å². The molecule has 0 spiro atoms. The molecule has 0 aromatic carbocycles. The normalized spacial score (nSPS) is 12.0. The Morgan fingerprint density at radius 3 is 2.38 bits per heavy atom. The maximum atomic E-state index is 12.6. The molecule has 0 atom stereocenters. The minimum absolute atomic E-state index is 0.00134. The first kappa shape index (κ1) is 17.4. The number of nitrogens with one attached hydrogen (secondary N) is 1. The summed E-state index contributed by atoms with van der Waals surface area (Å²) >= 11 is 0. The molecule has 0 aliphatic heterocycles. The molecule has 0 aliphatic rings. The minimum atomic E-state index is -3.83. The number of hydrogen-bond acceptors (Lipinski definition) is 4. The number of aryl methyl sites for hydroxylation is 1. The average molecular weight is 315 g/mol. The zero-order valence-electron chi connectivity index (χ0n) is 12.9. The van der Waals surface area contributed by atoms with E-state index in [9.17, 15) is 18.0 Å². The van der Waals surface area contributed by atoms with Gasteiger partial charge >= 0.3 is 0 Å². The zero-order valence-corrected chi connectivity index (χ0v) is 13.7. The van der Waals surface area contributed by atoms with Crippen molar-refractivity contribution in [2.45, 2.75) is 31.7 Å². The molecule has 0 aliphatic carbocycles. The summed E-state index contributed by atoms with van der Waals surface area (Å²) in [6.45, 7) is 4.54. The molecular weight excluding hydrogens is 294 g/mol. The number of nitrogens with zero attached hydrogens (tertiary/aromatic N) is 2. The standard InChI is InChI=1S/C13H21N3O4S/c1-9(2)16(7-10(3)17)21(19,20)11-6-12(13(18)14-4)15(5)8-11/h6,8-9H,7H2,1-5H3,(H,14,18). The van der Waals surface area contributed by atoms with Crippen LogP contribution in [0.25, 0.3) is 0 Å². The highest BCUT2D eigenvalue weighted by Gasteiger charge is 2.30. The van der Waals surface area contributed by atoms with Crippen LogP contribution in [0.4, 0.5) is 0 Å². The highest BCUT2D eigenvalue weighted by Crippen LogP contribution is 2.20. The van der Waals surface area contributed by atoms with E-state index in [0.717, 1.165) is 4.31 Å². The number of hydrogen-bond donors (Lipinski definition) is 1. The Kier molecular flexibility index (Phi) is 5.30. The Hall–Kier alpha value is -1.67. The predicted octanol–water partition coefficient (Wildman–Crippen LogP) is 0.373. The molecule has 1 rings (SSSR count). The Morgan fingerprint density at radius 2 is 1.95 bits per heavy atom. The van der Waals surface area contributed by atoms with Crippen molar-refractivity contribution in [2.75, 3.05) is 13.6 Å². The van der Waals surface area contributed by atoms with Gasteiger partial charge in [-0.1, -0.05) is 0 Å². The molecule has 0 unspecified atom stereocenters. The van der Waals surface area contributed by atoms with Gasteiger partial charge in [0, 0.05) is 26.3 Å². The van der Waals surface area contributed by atoms with Crippen molar-refractivity contribution in [1.29, 1.82) is 0 Å². The first-order valence-corrected chi connectivity index (χ1v) is 7.95. The Morgan fingerprint density at radius 1 is 1.38 bits per heavy atom. The van der Waals surface area contributed by atoms with Crippen LogP contribution >= 0.6 is 0 Å². The van der Waals surface area contributed by atoms with E-state index in [4.69, 9.17) is 0 Å². The van der Waals surface area contributed by atoms with Crippen LogP contribution in [0.1, 0.15) is 31.3 Å². The zero-order chi connectivity index (χ0) is 16.4. The second-order valence-electron chi connectivity index (χ2n) is 5.10. The first-order chi connectivity index (χ1) is 9.61. The van der Waals surface area contributed by atoms with Gasteiger partial charge in [-0.2, -0.15) is 4.31 Å². The van der Waals surface area contributed by atoms with Crippen molar-refractivity contribution < 1.29 is 18.0 Å². The number of aromatic nitrogens is 1. The van der Waals surface area contributed by atoms with Gasteiger partial charge < -0.3 is 9.88 Å². The summed E-state index contributed by atoms with van der Waals surface area (Å²) in [5.74, 6) is -0.614. The lowest BCUT2D eigenvalue weighted by Crippen LogP contribution is -2.39. The monoisotopic (exact) mass is 315 g/mol. The van der Waals surface area contributed by atoms with Crippen molar-refractivity contribution in [3.05, 3.63) is 18.0 Å². The largest absolute Gasteiger partial charge is 0.354 e. The van der Waals surface area contributed by atoms with Crippen LogP contribution < -0.4 is 5.32 Å². The second kappa shape index (κ2) is 6.40. The average Bonchev–Trinajstić information content (AvgIpc) is 2.77. The number of Topliss-reactive ketones (excluding diaryl/α,β-unsaturated/α-hetero) is 1. The van der Waals surface area contributed by atoms with E-state index in [1.165, 1.54) is 30.8 Å². The molecule has 7 nitrogen and oxygen atoms in total. The van der Waals surface area contributed by atoms with E-state index in [1.807, 2.05) is 0 Å². The third-order valence-electron chi connectivity index (χ3n) is 3.00. The number of carbonyl (C=O) groups excluding carboxylic acids is 2. The highest BCUT2D eigenvalue weighted by atomic mass is 32.2. The van der Waals surface area contributed by atoms with E-state index in [2.05, 4.69) is 5.32 Å². The molecule has 1 heterocycles. The molecule has 0 bridgehead atoms. The molecule has 0 saturated carbocycles. The Labute approximate surface area is 125 Å². The summed E-state index contributed by atoms with van der Waals surface area (Å²) in [6, 6.07) is 0.950. The third kappa shape index (κ3) is 3.70. The van der Waals surface area contributed by atoms with Gasteiger partial charge in [-0.25, -0.2) is 8.42 Å². The maximum absolute atomic E-state index is 12.6. The Bertz CT molecular complexity index is 646. The van der Waals surface area contributed by atoms with Gasteiger partial charge in [-0.05, 0) is 26.8 Å². The smallest absolute Gasteiger partial charge is 0.267 e. The number of rotatable bonds is 6. The Balaban J connectivity index is 3.29. The highest BCUT2D eigenvalue weighted by molar-refractivity contribution is 7.89. The lowest BCUT2D eigenvalue weighted by Gasteiger charge is -2.24. The fraction of sp³-hybridized carbons (Fsp3) is 0.538. The third-order valence-corrected chi connectivity index (χ3v) is 4.99. The van der Waals surface area contributed by atoms with Gasteiger partial charge in [0.05, 0.1) is 6.54 Å². The predicted molar refractivity (Wildman–Crippen MR) is 78.5 cm³/mol. The molecule has 1 N–H and O–H groups in total. The summed E-state index contributed by atoms with van der Waals surface area (Å²) < 4.78 is 27.8. The van der Waals surface area contributed by atoms with E-state index >= 15 is 0 Å². The van der Waals surface area contributed by atoms with Gasteiger partial charge in [0.15, 0.2) is 0 Å². The molecule has 0 radical (unpaired) electrons. The molecule has 1 aromatic heterocycles. The fourth-order valence-corrected chi connectivity index (χ4v) is 3.66.